The summed E-state index contributed by atoms with van der Waals surface area (Å²) in [5, 5.41) is 3.01. The molecule has 2 aliphatic heterocycles. The fraction of sp³-hybridized carbons (Fsp3) is 0.611. The summed E-state index contributed by atoms with van der Waals surface area (Å²) in [6, 6.07) is 6.60. The van der Waals surface area contributed by atoms with Crippen molar-refractivity contribution < 1.29 is 13.9 Å². The predicted molar refractivity (Wildman–Crippen MR) is 95.3 cm³/mol. The summed E-state index contributed by atoms with van der Waals surface area (Å²) in [5.41, 5.74) is 1.04. The number of anilines is 1. The molecule has 138 valence electrons. The van der Waals surface area contributed by atoms with E-state index in [1.54, 1.807) is 0 Å². The van der Waals surface area contributed by atoms with Crippen molar-refractivity contribution in [3.05, 3.63) is 30.1 Å². The van der Waals surface area contributed by atoms with Crippen LogP contribution in [0.4, 0.5) is 10.1 Å². The van der Waals surface area contributed by atoms with Gasteiger partial charge in [0.2, 0.25) is 5.91 Å². The second kappa shape index (κ2) is 9.12. The van der Waals surface area contributed by atoms with E-state index in [0.717, 1.165) is 64.7 Å². The van der Waals surface area contributed by atoms with Crippen LogP contribution in [-0.4, -0.2) is 87.8 Å². The van der Waals surface area contributed by atoms with Gasteiger partial charge in [0.05, 0.1) is 19.8 Å². The molecule has 3 rings (SSSR count). The quantitative estimate of drug-likeness (QED) is 0.805. The average Bonchev–Trinajstić information content (AvgIpc) is 2.64. The van der Waals surface area contributed by atoms with Crippen LogP contribution < -0.4 is 10.2 Å². The smallest absolute Gasteiger partial charge is 0.234 e. The molecule has 0 aromatic heterocycles. The number of nitrogens with one attached hydrogen (secondary N) is 1. The largest absolute Gasteiger partial charge is 0.379 e. The zero-order chi connectivity index (χ0) is 17.5. The van der Waals surface area contributed by atoms with Gasteiger partial charge in [0.15, 0.2) is 0 Å². The number of benzene rings is 1. The lowest BCUT2D eigenvalue weighted by Gasteiger charge is -2.35. The molecule has 0 atom stereocenters. The number of piperazine rings is 1. The van der Waals surface area contributed by atoms with Crippen molar-refractivity contribution in [1.82, 2.24) is 15.1 Å². The molecule has 0 radical (unpaired) electrons. The highest BCUT2D eigenvalue weighted by Gasteiger charge is 2.19. The third-order valence-electron chi connectivity index (χ3n) is 4.79. The zero-order valence-corrected chi connectivity index (χ0v) is 14.6. The molecule has 1 aromatic carbocycles. The van der Waals surface area contributed by atoms with Gasteiger partial charge in [-0.2, -0.15) is 0 Å². The minimum Gasteiger partial charge on any atom is -0.379 e. The fourth-order valence-corrected chi connectivity index (χ4v) is 3.25. The summed E-state index contributed by atoms with van der Waals surface area (Å²) < 4.78 is 18.3. The monoisotopic (exact) mass is 350 g/mol. The van der Waals surface area contributed by atoms with Gasteiger partial charge in [-0.3, -0.25) is 14.6 Å². The lowest BCUT2D eigenvalue weighted by molar-refractivity contribution is -0.122. The third kappa shape index (κ3) is 5.66. The van der Waals surface area contributed by atoms with E-state index in [9.17, 15) is 9.18 Å². The number of morpholine rings is 1. The van der Waals surface area contributed by atoms with Crippen LogP contribution in [0.5, 0.6) is 0 Å². The van der Waals surface area contributed by atoms with Crippen LogP contribution in [0.25, 0.3) is 0 Å². The molecule has 0 spiro atoms. The first kappa shape index (κ1) is 18.1. The number of carbonyl (C=O) groups is 1. The Balaban J connectivity index is 1.32. The highest BCUT2D eigenvalue weighted by molar-refractivity contribution is 5.78. The summed E-state index contributed by atoms with van der Waals surface area (Å²) in [6.45, 7) is 8.87. The normalized spacial score (nSPS) is 19.8. The molecule has 1 N–H and O–H groups in total. The highest BCUT2D eigenvalue weighted by atomic mass is 19.1. The Morgan fingerprint density at radius 2 is 1.68 bits per heavy atom. The van der Waals surface area contributed by atoms with E-state index in [2.05, 4.69) is 20.0 Å². The molecule has 2 fully saturated rings. The molecular formula is C18H27FN4O2. The summed E-state index contributed by atoms with van der Waals surface area (Å²) in [7, 11) is 0. The molecular weight excluding hydrogens is 323 g/mol. The van der Waals surface area contributed by atoms with Gasteiger partial charge in [-0.1, -0.05) is 0 Å². The van der Waals surface area contributed by atoms with Gasteiger partial charge in [0.1, 0.15) is 5.82 Å². The van der Waals surface area contributed by atoms with E-state index in [4.69, 9.17) is 4.74 Å². The molecule has 2 saturated heterocycles. The van der Waals surface area contributed by atoms with Gasteiger partial charge < -0.3 is 15.0 Å². The van der Waals surface area contributed by atoms with Gasteiger partial charge in [0.25, 0.3) is 0 Å². The lowest BCUT2D eigenvalue weighted by atomic mass is 10.2. The van der Waals surface area contributed by atoms with Gasteiger partial charge in [-0.25, -0.2) is 4.39 Å². The van der Waals surface area contributed by atoms with Crippen LogP contribution in [0, 0.1) is 5.82 Å². The molecule has 2 aliphatic rings. The first-order valence-electron chi connectivity index (χ1n) is 9.00. The molecule has 0 unspecified atom stereocenters. The maximum Gasteiger partial charge on any atom is 0.234 e. The van der Waals surface area contributed by atoms with Crippen LogP contribution in [0.2, 0.25) is 0 Å². The minimum atomic E-state index is -0.212. The Morgan fingerprint density at radius 3 is 2.36 bits per heavy atom. The van der Waals surface area contributed by atoms with E-state index < -0.39 is 0 Å². The van der Waals surface area contributed by atoms with Crippen molar-refractivity contribution in [2.24, 2.45) is 0 Å². The topological polar surface area (TPSA) is 48.1 Å². The maximum absolute atomic E-state index is 13.0. The molecule has 0 bridgehead atoms. The average molecular weight is 350 g/mol. The van der Waals surface area contributed by atoms with Crippen molar-refractivity contribution in [2.75, 3.05) is 77.0 Å². The van der Waals surface area contributed by atoms with Crippen LogP contribution in [0.3, 0.4) is 0 Å². The number of halogens is 1. The van der Waals surface area contributed by atoms with Crippen LogP contribution in [-0.2, 0) is 9.53 Å². The van der Waals surface area contributed by atoms with Crippen molar-refractivity contribution in [3.63, 3.8) is 0 Å². The second-order valence-electron chi connectivity index (χ2n) is 6.54. The molecule has 2 heterocycles. The summed E-state index contributed by atoms with van der Waals surface area (Å²) >= 11 is 0. The van der Waals surface area contributed by atoms with Gasteiger partial charge in [-0.05, 0) is 24.3 Å². The molecule has 7 heteroatoms. The SMILES string of the molecule is O=C(CN1CCN(c2ccc(F)cc2)CC1)NCCN1CCOCC1. The maximum atomic E-state index is 13.0. The van der Waals surface area contributed by atoms with E-state index in [0.29, 0.717) is 13.1 Å². The van der Waals surface area contributed by atoms with Crippen LogP contribution in [0.15, 0.2) is 24.3 Å². The highest BCUT2D eigenvalue weighted by Crippen LogP contribution is 2.16. The predicted octanol–water partition coefficient (Wildman–Crippen LogP) is 0.396. The Labute approximate surface area is 148 Å². The number of carbonyl (C=O) groups excluding carboxylic acids is 1. The van der Waals surface area contributed by atoms with E-state index in [1.165, 1.54) is 12.1 Å². The van der Waals surface area contributed by atoms with Crippen molar-refractivity contribution in [3.8, 4) is 0 Å². The zero-order valence-electron chi connectivity index (χ0n) is 14.6. The molecule has 0 saturated carbocycles. The summed E-state index contributed by atoms with van der Waals surface area (Å²) in [5.74, 6) is -0.125. The molecule has 25 heavy (non-hydrogen) atoms. The van der Waals surface area contributed by atoms with Crippen molar-refractivity contribution in [2.45, 2.75) is 0 Å². The lowest BCUT2D eigenvalue weighted by Crippen LogP contribution is -2.50. The Bertz CT molecular complexity index is 541. The van der Waals surface area contributed by atoms with Crippen LogP contribution in [0.1, 0.15) is 0 Å². The van der Waals surface area contributed by atoms with Gasteiger partial charge in [-0.15, -0.1) is 0 Å². The molecule has 0 aliphatic carbocycles. The Morgan fingerprint density at radius 1 is 1.00 bits per heavy atom. The van der Waals surface area contributed by atoms with Crippen molar-refractivity contribution in [1.29, 1.82) is 0 Å². The van der Waals surface area contributed by atoms with Crippen molar-refractivity contribution >= 4 is 11.6 Å². The number of hydrogen-bond acceptors (Lipinski definition) is 5. The number of rotatable bonds is 6. The number of hydrogen-bond donors (Lipinski definition) is 1. The molecule has 6 nitrogen and oxygen atoms in total. The number of ether oxygens (including phenoxy) is 1. The Hall–Kier alpha value is -1.70. The minimum absolute atomic E-state index is 0.0866. The second-order valence-corrected chi connectivity index (χ2v) is 6.54. The summed E-state index contributed by atoms with van der Waals surface area (Å²) in [6.07, 6.45) is 0. The fourth-order valence-electron chi connectivity index (χ4n) is 3.25. The van der Waals surface area contributed by atoms with E-state index >= 15 is 0 Å². The van der Waals surface area contributed by atoms with Gasteiger partial charge >= 0.3 is 0 Å². The molecule has 1 amide bonds. The van der Waals surface area contributed by atoms with Gasteiger partial charge in [0, 0.05) is 58.0 Å². The summed E-state index contributed by atoms with van der Waals surface area (Å²) in [4.78, 5) is 18.8. The standard InChI is InChI=1S/C18H27FN4O2/c19-16-1-3-17(4-2-16)23-9-7-22(8-10-23)15-18(24)20-5-6-21-11-13-25-14-12-21/h1-4H,5-15H2,(H,20,24). The Kier molecular flexibility index (Phi) is 6.61. The first-order valence-corrected chi connectivity index (χ1v) is 9.00. The third-order valence-corrected chi connectivity index (χ3v) is 4.79. The van der Waals surface area contributed by atoms with E-state index in [-0.39, 0.29) is 11.7 Å². The van der Waals surface area contributed by atoms with E-state index in [1.807, 2.05) is 12.1 Å². The number of amides is 1. The number of nitrogens with zero attached hydrogens (tertiary/aromatic N) is 3. The first-order chi connectivity index (χ1) is 12.2. The van der Waals surface area contributed by atoms with Crippen LogP contribution >= 0.6 is 0 Å². The molecule has 1 aromatic rings.